The van der Waals surface area contributed by atoms with Crippen LogP contribution < -0.4 is 9.62 Å². The summed E-state index contributed by atoms with van der Waals surface area (Å²) in [4.78, 5) is 8.22. The highest BCUT2D eigenvalue weighted by Crippen LogP contribution is 2.46. The number of anilines is 1. The summed E-state index contributed by atoms with van der Waals surface area (Å²) in [5.41, 5.74) is 1.38. The molecule has 0 aromatic carbocycles. The molecule has 1 saturated carbocycles. The highest BCUT2D eigenvalue weighted by Gasteiger charge is 2.59. The van der Waals surface area contributed by atoms with E-state index in [-0.39, 0.29) is 11.2 Å². The van der Waals surface area contributed by atoms with Crippen molar-refractivity contribution < 1.29 is 17.7 Å². The van der Waals surface area contributed by atoms with Gasteiger partial charge in [0.2, 0.25) is 0 Å². The van der Waals surface area contributed by atoms with E-state index in [0.29, 0.717) is 16.0 Å². The first-order chi connectivity index (χ1) is 15.8. The van der Waals surface area contributed by atoms with Gasteiger partial charge in [0, 0.05) is 35.2 Å². The van der Waals surface area contributed by atoms with E-state index in [0.717, 1.165) is 66.7 Å². The van der Waals surface area contributed by atoms with Gasteiger partial charge in [-0.3, -0.25) is 0 Å². The Morgan fingerprint density at radius 3 is 2.64 bits per heavy atom. The number of fused-ring (bicyclic) bond motifs is 2. The summed E-state index contributed by atoms with van der Waals surface area (Å²) in [5, 5.41) is 6.50. The Balaban J connectivity index is 1.37. The van der Waals surface area contributed by atoms with E-state index in [9.17, 15) is 13.0 Å². The second kappa shape index (κ2) is 6.53. The molecule has 11 heteroatoms. The largest absolute Gasteiger partial charge is 0.380 e. The molecule has 2 atom stereocenters. The molecule has 1 aliphatic carbocycles. The van der Waals surface area contributed by atoms with Crippen LogP contribution in [0.15, 0.2) is 28.6 Å². The number of nitrogens with zero attached hydrogens (tertiary/aromatic N) is 4. The Morgan fingerprint density at radius 1 is 1.27 bits per heavy atom. The third-order valence-electron chi connectivity index (χ3n) is 7.57. The van der Waals surface area contributed by atoms with Crippen LogP contribution in [-0.4, -0.2) is 55.5 Å². The summed E-state index contributed by atoms with van der Waals surface area (Å²) in [6, 6.07) is 3.88. The van der Waals surface area contributed by atoms with Gasteiger partial charge in [-0.1, -0.05) is 0 Å². The second-order valence-corrected chi connectivity index (χ2v) is 13.0. The van der Waals surface area contributed by atoms with Gasteiger partial charge >= 0.3 is 0 Å². The summed E-state index contributed by atoms with van der Waals surface area (Å²) >= 11 is 1.18. The van der Waals surface area contributed by atoms with Gasteiger partial charge in [0.15, 0.2) is 0 Å². The van der Waals surface area contributed by atoms with Crippen LogP contribution in [0.1, 0.15) is 38.3 Å². The lowest BCUT2D eigenvalue weighted by Crippen LogP contribution is -2.51. The standard InChI is InChI=1S/C22H23F2N5O2S2/c1-21-8-17(21)33(30,27-21)13-6-16-14(20-26-15(10-32-20)19(23)24)9-25-29(16)18(7-13)28-4-2-22(3-5-28)11-31-12-22/h6-7,9-10,19H,2-5,8,11-12H2,1H3,(H,27,30). The Hall–Kier alpha value is -2.08. The molecule has 3 aromatic heterocycles. The number of pyridine rings is 1. The zero-order valence-corrected chi connectivity index (χ0v) is 19.6. The first-order valence-electron chi connectivity index (χ1n) is 11.1. The number of thiazole rings is 1. The van der Waals surface area contributed by atoms with Crippen molar-refractivity contribution in [1.82, 2.24) is 19.3 Å². The molecule has 4 aliphatic rings. The lowest BCUT2D eigenvalue weighted by Gasteiger charge is -2.47. The first kappa shape index (κ1) is 20.3. The lowest BCUT2D eigenvalue weighted by molar-refractivity contribution is -0.124. The molecule has 2 unspecified atom stereocenters. The number of nitrogens with one attached hydrogen (secondary N) is 1. The molecule has 0 bridgehead atoms. The average molecular weight is 492 g/mol. The van der Waals surface area contributed by atoms with E-state index < -0.39 is 16.1 Å². The van der Waals surface area contributed by atoms with Crippen LogP contribution in [0.25, 0.3) is 16.1 Å². The minimum Gasteiger partial charge on any atom is -0.380 e. The molecule has 0 radical (unpaired) electrons. The summed E-state index contributed by atoms with van der Waals surface area (Å²) in [6.45, 7) is 5.46. The van der Waals surface area contributed by atoms with E-state index in [1.165, 1.54) is 16.7 Å². The number of piperidine rings is 1. The average Bonchev–Trinajstić information content (AvgIpc) is 3.16. The van der Waals surface area contributed by atoms with Crippen LogP contribution in [0.4, 0.5) is 14.6 Å². The molecule has 33 heavy (non-hydrogen) atoms. The van der Waals surface area contributed by atoms with Crippen molar-refractivity contribution in [2.24, 2.45) is 5.41 Å². The molecule has 3 fully saturated rings. The molecule has 6 heterocycles. The Bertz CT molecular complexity index is 1430. The predicted octanol–water partition coefficient (Wildman–Crippen LogP) is 3.51. The summed E-state index contributed by atoms with van der Waals surface area (Å²) < 4.78 is 50.7. The van der Waals surface area contributed by atoms with Gasteiger partial charge in [0.05, 0.1) is 50.6 Å². The van der Waals surface area contributed by atoms with Crippen molar-refractivity contribution in [2.75, 3.05) is 31.2 Å². The van der Waals surface area contributed by atoms with E-state index in [1.807, 2.05) is 16.6 Å². The van der Waals surface area contributed by atoms with Crippen LogP contribution in [0.2, 0.25) is 0 Å². The van der Waals surface area contributed by atoms with Gasteiger partial charge in [-0.05, 0) is 31.9 Å². The fourth-order valence-corrected chi connectivity index (χ4v) is 9.08. The molecule has 1 N–H and O–H groups in total. The van der Waals surface area contributed by atoms with E-state index in [4.69, 9.17) is 4.74 Å². The molecule has 0 amide bonds. The quantitative estimate of drug-likeness (QED) is 0.566. The zero-order valence-electron chi connectivity index (χ0n) is 18.0. The Kier molecular flexibility index (Phi) is 4.02. The molecule has 174 valence electrons. The van der Waals surface area contributed by atoms with E-state index in [2.05, 4.69) is 26.6 Å². The van der Waals surface area contributed by atoms with Gasteiger partial charge in [-0.15, -0.1) is 11.3 Å². The normalized spacial score (nSPS) is 29.9. The van der Waals surface area contributed by atoms with Crippen molar-refractivity contribution >= 4 is 37.2 Å². The Labute approximate surface area is 193 Å². The first-order valence-corrected chi connectivity index (χ1v) is 13.5. The van der Waals surface area contributed by atoms with Crippen LogP contribution in [0.3, 0.4) is 0 Å². The Morgan fingerprint density at radius 2 is 2.06 bits per heavy atom. The SMILES string of the molecule is CC12CC1=S(=O)(c1cc(N3CCC4(CC3)COC4)n3ncc(-c4nc(C(F)F)cs4)c3c1)N2. The topological polar surface area (TPSA) is 71.8 Å². The van der Waals surface area contributed by atoms with E-state index >= 15 is 0 Å². The van der Waals surface area contributed by atoms with Crippen molar-refractivity contribution in [1.29, 1.82) is 0 Å². The predicted molar refractivity (Wildman–Crippen MR) is 124 cm³/mol. The lowest BCUT2D eigenvalue weighted by atomic mass is 9.77. The summed E-state index contributed by atoms with van der Waals surface area (Å²) in [6.07, 6.45) is 1.98. The molecule has 7 rings (SSSR count). The second-order valence-electron chi connectivity index (χ2n) is 9.85. The maximum atomic E-state index is 13.8. The third kappa shape index (κ3) is 2.82. The van der Waals surface area contributed by atoms with Crippen molar-refractivity contribution in [3.05, 3.63) is 29.4 Å². The molecule has 1 spiro atoms. The zero-order chi connectivity index (χ0) is 22.6. The summed E-state index contributed by atoms with van der Waals surface area (Å²) in [7, 11) is -2.44. The van der Waals surface area contributed by atoms with Gasteiger partial charge < -0.3 is 9.64 Å². The number of halogens is 2. The van der Waals surface area contributed by atoms with Gasteiger partial charge in [-0.2, -0.15) is 5.10 Å². The molecule has 3 aliphatic heterocycles. The number of aromatic nitrogens is 3. The molecule has 2 saturated heterocycles. The maximum Gasteiger partial charge on any atom is 0.281 e. The number of rotatable bonds is 4. The van der Waals surface area contributed by atoms with Crippen LogP contribution in [-0.2, 0) is 14.4 Å². The highest BCUT2D eigenvalue weighted by atomic mass is 32.2. The van der Waals surface area contributed by atoms with Gasteiger partial charge in [0.1, 0.15) is 16.5 Å². The number of hydrogen-bond donors (Lipinski definition) is 1. The monoisotopic (exact) mass is 491 g/mol. The minimum absolute atomic E-state index is 0.102. The van der Waals surface area contributed by atoms with Crippen molar-refractivity contribution in [2.45, 2.75) is 43.0 Å². The fourth-order valence-electron chi connectivity index (χ4n) is 5.32. The van der Waals surface area contributed by atoms with Gasteiger partial charge in [0.25, 0.3) is 6.43 Å². The van der Waals surface area contributed by atoms with Crippen molar-refractivity contribution in [3.63, 3.8) is 0 Å². The molecular formula is C22H23F2N5O2S2. The maximum absolute atomic E-state index is 13.8. The van der Waals surface area contributed by atoms with E-state index in [1.54, 1.807) is 6.20 Å². The smallest absolute Gasteiger partial charge is 0.281 e. The highest BCUT2D eigenvalue weighted by molar-refractivity contribution is 8.03. The number of ether oxygens (including phenoxy) is 1. The third-order valence-corrected chi connectivity index (χ3v) is 11.4. The molecular weight excluding hydrogens is 468 g/mol. The summed E-state index contributed by atoms with van der Waals surface area (Å²) in [5.74, 6) is 0.883. The number of alkyl halides is 2. The van der Waals surface area contributed by atoms with Crippen molar-refractivity contribution in [3.8, 4) is 10.6 Å². The van der Waals surface area contributed by atoms with Crippen LogP contribution in [0, 0.1) is 5.41 Å². The number of hydrogen-bond acceptors (Lipinski definition) is 6. The molecule has 3 aromatic rings. The van der Waals surface area contributed by atoms with Gasteiger partial charge in [-0.25, -0.2) is 27.2 Å². The fraction of sp³-hybridized carbons (Fsp3) is 0.500. The minimum atomic E-state index is -2.61. The van der Waals surface area contributed by atoms with Crippen LogP contribution in [0.5, 0.6) is 0 Å². The van der Waals surface area contributed by atoms with Crippen LogP contribution >= 0.6 is 11.3 Å². The molecule has 7 nitrogen and oxygen atoms in total.